The second-order valence-corrected chi connectivity index (χ2v) is 5.32. The average molecular weight is 234 g/mol. The highest BCUT2D eigenvalue weighted by Crippen LogP contribution is 2.33. The fourth-order valence-corrected chi connectivity index (χ4v) is 2.95. The van der Waals surface area contributed by atoms with E-state index in [0.717, 1.165) is 30.8 Å². The zero-order valence-corrected chi connectivity index (χ0v) is 10.00. The van der Waals surface area contributed by atoms with Gasteiger partial charge in [0.05, 0.1) is 15.8 Å². The minimum atomic E-state index is -0.0193. The van der Waals surface area contributed by atoms with E-state index in [0.29, 0.717) is 0 Å². The molecule has 0 saturated carbocycles. The SMILES string of the molecule is CCC1(N)CN(c2ncnc3ccsc23)C1. The maximum Gasteiger partial charge on any atom is 0.150 e. The van der Waals surface area contributed by atoms with Crippen molar-refractivity contribution in [2.24, 2.45) is 5.73 Å². The number of thiophene rings is 1. The smallest absolute Gasteiger partial charge is 0.150 e. The van der Waals surface area contributed by atoms with Crippen LogP contribution in [-0.4, -0.2) is 28.6 Å². The minimum Gasteiger partial charge on any atom is -0.351 e. The summed E-state index contributed by atoms with van der Waals surface area (Å²) in [6, 6.07) is 2.03. The van der Waals surface area contributed by atoms with Gasteiger partial charge in [-0.3, -0.25) is 0 Å². The summed E-state index contributed by atoms with van der Waals surface area (Å²) in [5, 5.41) is 2.05. The first-order valence-electron chi connectivity index (χ1n) is 5.44. The fourth-order valence-electron chi connectivity index (χ4n) is 2.09. The number of aromatic nitrogens is 2. The van der Waals surface area contributed by atoms with Crippen molar-refractivity contribution in [1.82, 2.24) is 9.97 Å². The zero-order valence-electron chi connectivity index (χ0n) is 9.18. The van der Waals surface area contributed by atoms with Gasteiger partial charge in [-0.15, -0.1) is 11.3 Å². The summed E-state index contributed by atoms with van der Waals surface area (Å²) in [4.78, 5) is 10.9. The maximum absolute atomic E-state index is 6.17. The Morgan fingerprint density at radius 3 is 3.06 bits per heavy atom. The molecular weight excluding hydrogens is 220 g/mol. The van der Waals surface area contributed by atoms with Crippen LogP contribution in [0.25, 0.3) is 10.2 Å². The highest BCUT2D eigenvalue weighted by Gasteiger charge is 2.39. The third kappa shape index (κ3) is 1.39. The molecule has 16 heavy (non-hydrogen) atoms. The van der Waals surface area contributed by atoms with Gasteiger partial charge in [-0.1, -0.05) is 6.92 Å². The summed E-state index contributed by atoms with van der Waals surface area (Å²) in [7, 11) is 0. The van der Waals surface area contributed by atoms with Crippen LogP contribution in [-0.2, 0) is 0 Å². The molecule has 0 radical (unpaired) electrons. The van der Waals surface area contributed by atoms with Crippen molar-refractivity contribution in [3.05, 3.63) is 17.8 Å². The van der Waals surface area contributed by atoms with Crippen LogP contribution in [0, 0.1) is 0 Å². The van der Waals surface area contributed by atoms with Gasteiger partial charge in [0, 0.05) is 13.1 Å². The van der Waals surface area contributed by atoms with Crippen molar-refractivity contribution >= 4 is 27.4 Å². The lowest BCUT2D eigenvalue weighted by atomic mass is 9.88. The molecule has 0 atom stereocenters. The first-order chi connectivity index (χ1) is 7.72. The van der Waals surface area contributed by atoms with Gasteiger partial charge in [-0.2, -0.15) is 0 Å². The molecule has 5 heteroatoms. The van der Waals surface area contributed by atoms with Gasteiger partial charge in [0.15, 0.2) is 0 Å². The Kier molecular flexibility index (Phi) is 2.12. The predicted molar refractivity (Wildman–Crippen MR) is 66.8 cm³/mol. The van der Waals surface area contributed by atoms with Gasteiger partial charge < -0.3 is 10.6 Å². The van der Waals surface area contributed by atoms with Crippen molar-refractivity contribution in [3.63, 3.8) is 0 Å². The Bertz CT molecular complexity index is 515. The Morgan fingerprint density at radius 2 is 2.31 bits per heavy atom. The third-order valence-electron chi connectivity index (χ3n) is 3.24. The lowest BCUT2D eigenvalue weighted by molar-refractivity contribution is 0.321. The molecule has 0 spiro atoms. The molecule has 2 aromatic heterocycles. The highest BCUT2D eigenvalue weighted by atomic mass is 32.1. The maximum atomic E-state index is 6.17. The largest absolute Gasteiger partial charge is 0.351 e. The number of fused-ring (bicyclic) bond motifs is 1. The van der Waals surface area contributed by atoms with Gasteiger partial charge in [-0.05, 0) is 17.9 Å². The van der Waals surface area contributed by atoms with E-state index < -0.39 is 0 Å². The molecule has 0 amide bonds. The lowest BCUT2D eigenvalue weighted by Gasteiger charge is -2.48. The molecule has 0 bridgehead atoms. The van der Waals surface area contributed by atoms with E-state index in [1.807, 2.05) is 6.07 Å². The van der Waals surface area contributed by atoms with Crippen LogP contribution in [0.1, 0.15) is 13.3 Å². The standard InChI is InChI=1S/C11H14N4S/c1-2-11(12)5-15(6-11)10-9-8(3-4-16-9)13-7-14-10/h3-4,7H,2,5-6,12H2,1H3. The molecule has 3 rings (SSSR count). The summed E-state index contributed by atoms with van der Waals surface area (Å²) in [5.74, 6) is 1.04. The first kappa shape index (κ1) is 9.99. The molecule has 0 aliphatic carbocycles. The van der Waals surface area contributed by atoms with Crippen molar-refractivity contribution in [1.29, 1.82) is 0 Å². The topological polar surface area (TPSA) is 55.0 Å². The molecular formula is C11H14N4S. The van der Waals surface area contributed by atoms with E-state index >= 15 is 0 Å². The van der Waals surface area contributed by atoms with Crippen LogP contribution in [0.15, 0.2) is 17.8 Å². The second kappa shape index (κ2) is 3.40. The summed E-state index contributed by atoms with van der Waals surface area (Å²) < 4.78 is 1.17. The van der Waals surface area contributed by atoms with Crippen molar-refractivity contribution in [2.75, 3.05) is 18.0 Å². The average Bonchev–Trinajstić information content (AvgIpc) is 2.72. The normalized spacial score (nSPS) is 18.8. The molecule has 2 aromatic rings. The minimum absolute atomic E-state index is 0.0193. The monoisotopic (exact) mass is 234 g/mol. The number of rotatable bonds is 2. The molecule has 1 saturated heterocycles. The van der Waals surface area contributed by atoms with Crippen LogP contribution < -0.4 is 10.6 Å². The van der Waals surface area contributed by atoms with Crippen LogP contribution in [0.3, 0.4) is 0 Å². The molecule has 4 nitrogen and oxygen atoms in total. The van der Waals surface area contributed by atoms with E-state index in [1.54, 1.807) is 17.7 Å². The van der Waals surface area contributed by atoms with Crippen molar-refractivity contribution in [2.45, 2.75) is 18.9 Å². The van der Waals surface area contributed by atoms with E-state index in [4.69, 9.17) is 5.73 Å². The molecule has 3 heterocycles. The lowest BCUT2D eigenvalue weighted by Crippen LogP contribution is -2.67. The van der Waals surface area contributed by atoms with Crippen molar-refractivity contribution in [3.8, 4) is 0 Å². The van der Waals surface area contributed by atoms with Gasteiger partial charge in [-0.25, -0.2) is 9.97 Å². The van der Waals surface area contributed by atoms with Crippen LogP contribution in [0.4, 0.5) is 5.82 Å². The van der Waals surface area contributed by atoms with E-state index in [-0.39, 0.29) is 5.54 Å². The van der Waals surface area contributed by atoms with Crippen LogP contribution in [0.2, 0.25) is 0 Å². The second-order valence-electron chi connectivity index (χ2n) is 4.40. The molecule has 0 unspecified atom stereocenters. The fraction of sp³-hybridized carbons (Fsp3) is 0.455. The van der Waals surface area contributed by atoms with E-state index in [9.17, 15) is 0 Å². The highest BCUT2D eigenvalue weighted by molar-refractivity contribution is 7.17. The van der Waals surface area contributed by atoms with Gasteiger partial charge in [0.25, 0.3) is 0 Å². The first-order valence-corrected chi connectivity index (χ1v) is 6.32. The number of hydrogen-bond acceptors (Lipinski definition) is 5. The number of nitrogens with two attached hydrogens (primary N) is 1. The molecule has 2 N–H and O–H groups in total. The van der Waals surface area contributed by atoms with Crippen LogP contribution >= 0.6 is 11.3 Å². The summed E-state index contributed by atoms with van der Waals surface area (Å²) in [5.41, 5.74) is 7.18. The Hall–Kier alpha value is -1.20. The quantitative estimate of drug-likeness (QED) is 0.858. The predicted octanol–water partition coefficient (Wildman–Crippen LogP) is 1.62. The van der Waals surface area contributed by atoms with Gasteiger partial charge in [0.1, 0.15) is 12.1 Å². The van der Waals surface area contributed by atoms with E-state index in [1.165, 1.54) is 4.70 Å². The zero-order chi connectivity index (χ0) is 11.2. The van der Waals surface area contributed by atoms with Crippen LogP contribution in [0.5, 0.6) is 0 Å². The molecule has 1 aliphatic rings. The summed E-state index contributed by atoms with van der Waals surface area (Å²) in [6.07, 6.45) is 2.65. The molecule has 1 fully saturated rings. The van der Waals surface area contributed by atoms with Crippen molar-refractivity contribution < 1.29 is 0 Å². The molecule has 0 aromatic carbocycles. The third-order valence-corrected chi connectivity index (χ3v) is 4.14. The Balaban J connectivity index is 1.94. The number of anilines is 1. The number of hydrogen-bond donors (Lipinski definition) is 1. The summed E-state index contributed by atoms with van der Waals surface area (Å²) >= 11 is 1.69. The Morgan fingerprint density at radius 1 is 1.50 bits per heavy atom. The Labute approximate surface area is 98.1 Å². The summed E-state index contributed by atoms with van der Waals surface area (Å²) in [6.45, 7) is 3.93. The van der Waals surface area contributed by atoms with Gasteiger partial charge >= 0.3 is 0 Å². The van der Waals surface area contributed by atoms with E-state index in [2.05, 4.69) is 27.2 Å². The number of nitrogens with zero attached hydrogens (tertiary/aromatic N) is 3. The molecule has 84 valence electrons. The molecule has 1 aliphatic heterocycles. The van der Waals surface area contributed by atoms with Gasteiger partial charge in [0.2, 0.25) is 0 Å².